The van der Waals surface area contributed by atoms with Crippen LogP contribution in [-0.2, 0) is 4.79 Å². The number of carbonyl (C=O) groups is 1. The van der Waals surface area contributed by atoms with Gasteiger partial charge < -0.3 is 4.74 Å². The van der Waals surface area contributed by atoms with Gasteiger partial charge in [0.2, 0.25) is 0 Å². The summed E-state index contributed by atoms with van der Waals surface area (Å²) in [5.74, 6) is 0.413. The largest absolute Gasteiger partial charge is 0.426 e. The van der Waals surface area contributed by atoms with Crippen molar-refractivity contribution in [3.05, 3.63) is 29.8 Å². The van der Waals surface area contributed by atoms with Crippen molar-refractivity contribution in [2.75, 3.05) is 0 Å². The second-order valence-electron chi connectivity index (χ2n) is 7.66. The van der Waals surface area contributed by atoms with E-state index in [0.29, 0.717) is 0 Å². The summed E-state index contributed by atoms with van der Waals surface area (Å²) in [6.45, 7) is 2.33. The van der Waals surface area contributed by atoms with E-state index in [1.54, 1.807) is 0 Å². The lowest BCUT2D eigenvalue weighted by Gasteiger charge is -2.36. The lowest BCUT2D eigenvalue weighted by Crippen LogP contribution is -2.29. The number of esters is 1. The summed E-state index contributed by atoms with van der Waals surface area (Å²) in [6, 6.07) is 2.87. The number of benzene rings is 1. The van der Waals surface area contributed by atoms with E-state index in [9.17, 15) is 13.6 Å². The van der Waals surface area contributed by atoms with Crippen LogP contribution >= 0.6 is 0 Å². The minimum Gasteiger partial charge on any atom is -0.426 e. The van der Waals surface area contributed by atoms with Crippen LogP contribution in [0, 0.1) is 35.3 Å². The maximum Gasteiger partial charge on any atom is 0.314 e. The van der Waals surface area contributed by atoms with E-state index in [2.05, 4.69) is 6.92 Å². The van der Waals surface area contributed by atoms with Crippen molar-refractivity contribution >= 4 is 5.97 Å². The quantitative estimate of drug-likeness (QED) is 0.538. The Morgan fingerprint density at radius 3 is 1.92 bits per heavy atom. The smallest absolute Gasteiger partial charge is 0.314 e. The Balaban J connectivity index is 1.50. The minimum absolute atomic E-state index is 0.0408. The third kappa shape index (κ3) is 4.34. The minimum atomic E-state index is -0.729. The van der Waals surface area contributed by atoms with Crippen LogP contribution in [0.3, 0.4) is 0 Å². The molecule has 132 valence electrons. The van der Waals surface area contributed by atoms with Crippen LogP contribution in [-0.4, -0.2) is 5.97 Å². The van der Waals surface area contributed by atoms with Gasteiger partial charge in [-0.1, -0.05) is 19.8 Å². The second-order valence-corrected chi connectivity index (χ2v) is 7.66. The molecule has 0 aromatic heterocycles. The van der Waals surface area contributed by atoms with Gasteiger partial charge in [0, 0.05) is 18.2 Å². The van der Waals surface area contributed by atoms with Crippen LogP contribution in [0.5, 0.6) is 5.75 Å². The molecule has 3 rings (SSSR count). The molecule has 0 aliphatic heterocycles. The first-order valence-corrected chi connectivity index (χ1v) is 9.19. The van der Waals surface area contributed by atoms with E-state index < -0.39 is 11.6 Å². The monoisotopic (exact) mass is 336 g/mol. The third-order valence-electron chi connectivity index (χ3n) is 5.89. The highest BCUT2D eigenvalue weighted by Crippen LogP contribution is 2.41. The highest BCUT2D eigenvalue weighted by atomic mass is 19.1. The first-order chi connectivity index (χ1) is 11.5. The maximum absolute atomic E-state index is 13.2. The number of halogens is 2. The summed E-state index contributed by atoms with van der Waals surface area (Å²) in [5, 5.41) is 0. The Hall–Kier alpha value is -1.45. The summed E-state index contributed by atoms with van der Waals surface area (Å²) < 4.78 is 31.5. The molecule has 0 bridgehead atoms. The molecule has 2 aliphatic rings. The zero-order valence-corrected chi connectivity index (χ0v) is 14.3. The van der Waals surface area contributed by atoms with Crippen LogP contribution in [0.1, 0.15) is 58.3 Å². The molecule has 2 aliphatic carbocycles. The molecular formula is C20H26F2O2. The van der Waals surface area contributed by atoms with E-state index in [1.165, 1.54) is 25.7 Å². The Bertz CT molecular complexity index is 551. The molecule has 1 aromatic carbocycles. The van der Waals surface area contributed by atoms with E-state index >= 15 is 0 Å². The molecule has 4 heteroatoms. The Morgan fingerprint density at radius 1 is 0.875 bits per heavy atom. The molecule has 0 atom stereocenters. The molecule has 0 unspecified atom stereocenters. The van der Waals surface area contributed by atoms with Crippen LogP contribution < -0.4 is 4.74 Å². The number of ether oxygens (including phenoxy) is 1. The molecule has 0 saturated heterocycles. The van der Waals surface area contributed by atoms with Gasteiger partial charge in [0.15, 0.2) is 0 Å². The Morgan fingerprint density at radius 2 is 1.38 bits per heavy atom. The maximum atomic E-state index is 13.2. The van der Waals surface area contributed by atoms with Gasteiger partial charge in [-0.05, 0) is 56.3 Å². The van der Waals surface area contributed by atoms with Crippen molar-refractivity contribution in [3.8, 4) is 5.75 Å². The summed E-state index contributed by atoms with van der Waals surface area (Å²) in [6.07, 6.45) is 9.09. The summed E-state index contributed by atoms with van der Waals surface area (Å²) >= 11 is 0. The van der Waals surface area contributed by atoms with Gasteiger partial charge in [-0.25, -0.2) is 8.78 Å². The molecule has 1 aromatic rings. The van der Waals surface area contributed by atoms with Gasteiger partial charge in [0.1, 0.15) is 17.4 Å². The standard InChI is InChI=1S/C20H26F2O2/c1-13-2-4-14(5-3-13)15-6-8-16(9-7-15)20(23)24-19-11-17(21)10-18(22)12-19/h10-16H,2-9H2,1H3. The molecule has 0 heterocycles. The predicted octanol–water partition coefficient (Wildman–Crippen LogP) is 5.50. The van der Waals surface area contributed by atoms with E-state index in [-0.39, 0.29) is 17.6 Å². The van der Waals surface area contributed by atoms with Crippen molar-refractivity contribution in [1.29, 1.82) is 0 Å². The second kappa shape index (κ2) is 7.62. The molecule has 0 radical (unpaired) electrons. The molecule has 0 spiro atoms. The summed E-state index contributed by atoms with van der Waals surface area (Å²) in [7, 11) is 0. The van der Waals surface area contributed by atoms with Crippen molar-refractivity contribution in [2.24, 2.45) is 23.7 Å². The van der Waals surface area contributed by atoms with E-state index in [4.69, 9.17) is 4.74 Å². The fourth-order valence-electron chi connectivity index (χ4n) is 4.37. The van der Waals surface area contributed by atoms with Gasteiger partial charge in [0.25, 0.3) is 0 Å². The molecule has 2 fully saturated rings. The van der Waals surface area contributed by atoms with Gasteiger partial charge in [-0.15, -0.1) is 0 Å². The highest BCUT2D eigenvalue weighted by Gasteiger charge is 2.33. The SMILES string of the molecule is CC1CCC(C2CCC(C(=O)Oc3cc(F)cc(F)c3)CC2)CC1. The number of hydrogen-bond donors (Lipinski definition) is 0. The van der Waals surface area contributed by atoms with Crippen molar-refractivity contribution in [2.45, 2.75) is 58.3 Å². The summed E-state index contributed by atoms with van der Waals surface area (Å²) in [5.41, 5.74) is 0. The molecule has 2 nitrogen and oxygen atoms in total. The molecule has 24 heavy (non-hydrogen) atoms. The van der Waals surface area contributed by atoms with Crippen LogP contribution in [0.2, 0.25) is 0 Å². The van der Waals surface area contributed by atoms with Gasteiger partial charge in [0.05, 0.1) is 5.92 Å². The normalized spacial score (nSPS) is 30.8. The molecular weight excluding hydrogens is 310 g/mol. The average Bonchev–Trinajstić information content (AvgIpc) is 2.55. The van der Waals surface area contributed by atoms with Crippen LogP contribution in [0.15, 0.2) is 18.2 Å². The van der Waals surface area contributed by atoms with Crippen molar-refractivity contribution in [1.82, 2.24) is 0 Å². The van der Waals surface area contributed by atoms with Gasteiger partial charge >= 0.3 is 5.97 Å². The number of carbonyl (C=O) groups excluding carboxylic acids is 1. The van der Waals surface area contributed by atoms with Crippen molar-refractivity contribution < 1.29 is 18.3 Å². The molecule has 0 amide bonds. The van der Waals surface area contributed by atoms with Crippen LogP contribution in [0.4, 0.5) is 8.78 Å². The average molecular weight is 336 g/mol. The van der Waals surface area contributed by atoms with E-state index in [0.717, 1.165) is 61.6 Å². The fraction of sp³-hybridized carbons (Fsp3) is 0.650. The molecule has 0 N–H and O–H groups in total. The lowest BCUT2D eigenvalue weighted by atomic mass is 9.69. The zero-order valence-electron chi connectivity index (χ0n) is 14.3. The number of hydrogen-bond acceptors (Lipinski definition) is 2. The Labute approximate surface area is 142 Å². The first kappa shape index (κ1) is 17.4. The van der Waals surface area contributed by atoms with Gasteiger partial charge in [-0.2, -0.15) is 0 Å². The highest BCUT2D eigenvalue weighted by molar-refractivity contribution is 5.75. The van der Waals surface area contributed by atoms with Crippen LogP contribution in [0.25, 0.3) is 0 Å². The summed E-state index contributed by atoms with van der Waals surface area (Å²) in [4.78, 5) is 12.2. The van der Waals surface area contributed by atoms with Crippen molar-refractivity contribution in [3.63, 3.8) is 0 Å². The Kier molecular flexibility index (Phi) is 5.52. The molecule has 2 saturated carbocycles. The first-order valence-electron chi connectivity index (χ1n) is 9.19. The van der Waals surface area contributed by atoms with Gasteiger partial charge in [-0.3, -0.25) is 4.79 Å². The zero-order chi connectivity index (χ0) is 17.1. The third-order valence-corrected chi connectivity index (χ3v) is 5.89. The lowest BCUT2D eigenvalue weighted by molar-refractivity contribution is -0.140. The number of rotatable bonds is 3. The topological polar surface area (TPSA) is 26.3 Å². The predicted molar refractivity (Wildman–Crippen MR) is 88.6 cm³/mol. The van der Waals surface area contributed by atoms with E-state index in [1.807, 2.05) is 0 Å². The fourth-order valence-corrected chi connectivity index (χ4v) is 4.37.